The van der Waals surface area contributed by atoms with Gasteiger partial charge in [0.2, 0.25) is 0 Å². The van der Waals surface area contributed by atoms with E-state index >= 15 is 0 Å². The van der Waals surface area contributed by atoms with Crippen molar-refractivity contribution in [3.63, 3.8) is 0 Å². The smallest absolute Gasteiger partial charge is 0.255 e. The molecule has 0 radical (unpaired) electrons. The van der Waals surface area contributed by atoms with Gasteiger partial charge in [-0.2, -0.15) is 0 Å². The average Bonchev–Trinajstić information content (AvgIpc) is 2.77. The molecular weight excluding hydrogens is 406 g/mol. The molecule has 4 rings (SSSR count). The number of hydrogen-bond donors (Lipinski definition) is 2. The lowest BCUT2D eigenvalue weighted by Gasteiger charge is -2.36. The number of allylic oxidation sites excluding steroid dienone is 3. The molecule has 0 bridgehead atoms. The van der Waals surface area contributed by atoms with E-state index in [9.17, 15) is 9.59 Å². The fraction of sp³-hybridized carbons (Fsp3) is 0.320. The van der Waals surface area contributed by atoms with Crippen molar-refractivity contribution in [2.45, 2.75) is 32.6 Å². The van der Waals surface area contributed by atoms with Crippen LogP contribution in [0.1, 0.15) is 38.2 Å². The van der Waals surface area contributed by atoms with E-state index in [1.165, 1.54) is 0 Å². The third-order valence-electron chi connectivity index (χ3n) is 5.93. The number of aromatic nitrogens is 1. The molecule has 32 heavy (non-hydrogen) atoms. The summed E-state index contributed by atoms with van der Waals surface area (Å²) in [5, 5.41) is 6.22. The lowest BCUT2D eigenvalue weighted by molar-refractivity contribution is -0.117. The fourth-order valence-corrected chi connectivity index (χ4v) is 4.61. The molecule has 1 aromatic heterocycles. The summed E-state index contributed by atoms with van der Waals surface area (Å²) in [6.45, 7) is 3.92. The summed E-state index contributed by atoms with van der Waals surface area (Å²) in [6.07, 6.45) is 2.80. The number of Topliss-reactive ketones (excluding diaryl/α,β-unsaturated/α-hetero) is 1. The molecule has 1 aromatic carbocycles. The predicted molar refractivity (Wildman–Crippen MR) is 121 cm³/mol. The zero-order chi connectivity index (χ0) is 22.8. The van der Waals surface area contributed by atoms with Crippen molar-refractivity contribution in [3.05, 3.63) is 70.7 Å². The molecule has 2 atom stereocenters. The van der Waals surface area contributed by atoms with Crippen LogP contribution in [0.15, 0.2) is 65.1 Å². The van der Waals surface area contributed by atoms with Gasteiger partial charge in [-0.15, -0.1) is 0 Å². The Hall–Kier alpha value is -3.61. The van der Waals surface area contributed by atoms with Gasteiger partial charge in [-0.3, -0.25) is 9.59 Å². The number of hydrogen-bond acceptors (Lipinski definition) is 6. The number of benzene rings is 1. The molecule has 2 aromatic rings. The minimum Gasteiger partial charge on any atom is -0.493 e. The summed E-state index contributed by atoms with van der Waals surface area (Å²) in [7, 11) is 3.13. The van der Waals surface area contributed by atoms with Crippen LogP contribution in [0.3, 0.4) is 0 Å². The molecule has 166 valence electrons. The highest BCUT2D eigenvalue weighted by Gasteiger charge is 2.41. The van der Waals surface area contributed by atoms with Gasteiger partial charge in [0.05, 0.1) is 20.1 Å². The maximum atomic E-state index is 13.5. The fourth-order valence-electron chi connectivity index (χ4n) is 4.61. The number of nitrogens with zero attached hydrogens (tertiary/aromatic N) is 1. The molecule has 2 aliphatic rings. The van der Waals surface area contributed by atoms with E-state index in [-0.39, 0.29) is 17.6 Å². The highest BCUT2D eigenvalue weighted by atomic mass is 16.5. The second kappa shape index (κ2) is 8.86. The Morgan fingerprint density at radius 3 is 2.62 bits per heavy atom. The number of para-hydroxylation sites is 1. The summed E-state index contributed by atoms with van der Waals surface area (Å²) in [6, 6.07) is 10.8. The summed E-state index contributed by atoms with van der Waals surface area (Å²) in [5.74, 6) is 0.870. The van der Waals surface area contributed by atoms with E-state index in [4.69, 9.17) is 9.47 Å². The summed E-state index contributed by atoms with van der Waals surface area (Å²) in [4.78, 5) is 31.0. The molecule has 7 heteroatoms. The number of anilines is 1. The third kappa shape index (κ3) is 3.86. The van der Waals surface area contributed by atoms with Crippen LogP contribution in [0.4, 0.5) is 5.82 Å². The van der Waals surface area contributed by atoms with E-state index in [1.54, 1.807) is 44.7 Å². The molecule has 1 aliphatic heterocycles. The summed E-state index contributed by atoms with van der Waals surface area (Å²) >= 11 is 0. The van der Waals surface area contributed by atoms with Crippen LogP contribution in [0.5, 0.6) is 11.5 Å². The van der Waals surface area contributed by atoms with Gasteiger partial charge < -0.3 is 20.1 Å². The van der Waals surface area contributed by atoms with Gasteiger partial charge in [0.1, 0.15) is 5.82 Å². The molecule has 0 saturated carbocycles. The first-order valence-electron chi connectivity index (χ1n) is 10.6. The van der Waals surface area contributed by atoms with Crippen molar-refractivity contribution in [1.29, 1.82) is 0 Å². The molecule has 1 aliphatic carbocycles. The Morgan fingerprint density at radius 1 is 1.12 bits per heavy atom. The number of dihydropyridines is 1. The van der Waals surface area contributed by atoms with Gasteiger partial charge in [-0.25, -0.2) is 4.98 Å². The van der Waals surface area contributed by atoms with Crippen molar-refractivity contribution in [2.75, 3.05) is 19.5 Å². The molecule has 0 spiro atoms. The van der Waals surface area contributed by atoms with Gasteiger partial charge >= 0.3 is 0 Å². The first-order valence-corrected chi connectivity index (χ1v) is 10.6. The molecule has 2 unspecified atom stereocenters. The Labute approximate surface area is 187 Å². The molecule has 0 fully saturated rings. The van der Waals surface area contributed by atoms with Crippen molar-refractivity contribution in [3.8, 4) is 11.5 Å². The molecule has 2 N–H and O–H groups in total. The number of nitrogens with one attached hydrogen (secondary N) is 2. The lowest BCUT2D eigenvalue weighted by atomic mass is 9.72. The van der Waals surface area contributed by atoms with Crippen LogP contribution in [0.2, 0.25) is 0 Å². The number of methoxy groups -OCH3 is 2. The number of carbonyl (C=O) groups excluding carboxylic acids is 2. The zero-order valence-corrected chi connectivity index (χ0v) is 18.7. The number of carbonyl (C=O) groups is 2. The van der Waals surface area contributed by atoms with E-state index in [2.05, 4.69) is 22.5 Å². The topological polar surface area (TPSA) is 89.5 Å². The van der Waals surface area contributed by atoms with Gasteiger partial charge in [0.15, 0.2) is 17.3 Å². The third-order valence-corrected chi connectivity index (χ3v) is 5.93. The van der Waals surface area contributed by atoms with Gasteiger partial charge in [-0.1, -0.05) is 25.1 Å². The quantitative estimate of drug-likeness (QED) is 0.742. The second-order valence-corrected chi connectivity index (χ2v) is 8.18. The summed E-state index contributed by atoms with van der Waals surface area (Å²) < 4.78 is 11.2. The number of pyridine rings is 1. The molecular formula is C25H27N3O4. The number of ketones is 1. The minimum atomic E-state index is -0.583. The van der Waals surface area contributed by atoms with Gasteiger partial charge in [0, 0.05) is 40.7 Å². The van der Waals surface area contributed by atoms with E-state index in [1.807, 2.05) is 19.1 Å². The maximum absolute atomic E-state index is 13.5. The highest BCUT2D eigenvalue weighted by Crippen LogP contribution is 2.48. The maximum Gasteiger partial charge on any atom is 0.255 e. The van der Waals surface area contributed by atoms with Crippen LogP contribution >= 0.6 is 0 Å². The Kier molecular flexibility index (Phi) is 5.99. The number of rotatable bonds is 5. The van der Waals surface area contributed by atoms with E-state index in [0.717, 1.165) is 12.1 Å². The number of ether oxygens (including phenoxy) is 2. The van der Waals surface area contributed by atoms with Crippen molar-refractivity contribution < 1.29 is 19.1 Å². The van der Waals surface area contributed by atoms with Crippen LogP contribution in [0.25, 0.3) is 0 Å². The first kappa shape index (κ1) is 21.6. The second-order valence-electron chi connectivity index (χ2n) is 8.18. The van der Waals surface area contributed by atoms with E-state index in [0.29, 0.717) is 46.1 Å². The van der Waals surface area contributed by atoms with Crippen molar-refractivity contribution in [2.24, 2.45) is 5.92 Å². The van der Waals surface area contributed by atoms with Crippen molar-refractivity contribution >= 4 is 17.5 Å². The zero-order valence-electron chi connectivity index (χ0n) is 18.7. The molecule has 1 amide bonds. The minimum absolute atomic E-state index is 0.0387. The highest BCUT2D eigenvalue weighted by molar-refractivity contribution is 6.09. The van der Waals surface area contributed by atoms with Gasteiger partial charge in [0.25, 0.3) is 5.91 Å². The van der Waals surface area contributed by atoms with Crippen LogP contribution < -0.4 is 20.1 Å². The van der Waals surface area contributed by atoms with Crippen LogP contribution in [-0.2, 0) is 9.59 Å². The predicted octanol–water partition coefficient (Wildman–Crippen LogP) is 3.95. The van der Waals surface area contributed by atoms with Crippen molar-refractivity contribution in [1.82, 2.24) is 10.3 Å². The normalized spacial score (nSPS) is 20.4. The SMILES string of the molecule is COc1cccc(C2C(C(=O)Nc3ccccn3)=C(C)NC3=C2C(=O)CC(C)C3)c1OC. The number of amides is 1. The Balaban J connectivity index is 1.88. The Morgan fingerprint density at radius 2 is 1.94 bits per heavy atom. The van der Waals surface area contributed by atoms with Gasteiger partial charge in [-0.05, 0) is 37.5 Å². The molecule has 2 heterocycles. The van der Waals surface area contributed by atoms with Crippen LogP contribution in [0, 0.1) is 5.92 Å². The van der Waals surface area contributed by atoms with Crippen LogP contribution in [-0.4, -0.2) is 30.9 Å². The standard InChI is InChI=1S/C25H27N3O4/c1-14-12-17-23(18(29)13-14)22(16-8-7-9-19(31-3)24(16)32-4)21(15(2)27-17)25(30)28-20-10-5-6-11-26-20/h5-11,14,22,27H,12-13H2,1-4H3,(H,26,28,30). The lowest BCUT2D eigenvalue weighted by Crippen LogP contribution is -2.37. The van der Waals surface area contributed by atoms with E-state index < -0.39 is 5.92 Å². The summed E-state index contributed by atoms with van der Waals surface area (Å²) in [5.41, 5.74) is 3.37. The first-order chi connectivity index (χ1) is 15.4. The average molecular weight is 434 g/mol. The molecule has 7 nitrogen and oxygen atoms in total. The monoisotopic (exact) mass is 433 g/mol. The Bertz CT molecular complexity index is 1120. The molecule has 0 saturated heterocycles. The largest absolute Gasteiger partial charge is 0.493 e.